The van der Waals surface area contributed by atoms with Crippen LogP contribution >= 0.6 is 11.6 Å². The maximum Gasteiger partial charge on any atom is 0.165 e. The predicted molar refractivity (Wildman–Crippen MR) is 101 cm³/mol. The standard InChI is InChI=1S/C19H22ClN3O4/c1-12-18(20)21-17(11-24)22-19(12)23-6-4-13(5-7-23)27-14-2-3-15-16(10-14)26-9-8-25-15/h2-3,10,13,24H,4-9,11H2,1H3. The van der Waals surface area contributed by atoms with Crippen molar-refractivity contribution in [2.45, 2.75) is 32.5 Å². The quantitative estimate of drug-likeness (QED) is 0.803. The highest BCUT2D eigenvalue weighted by Crippen LogP contribution is 2.35. The summed E-state index contributed by atoms with van der Waals surface area (Å²) < 4.78 is 17.3. The molecule has 7 nitrogen and oxygen atoms in total. The first kappa shape index (κ1) is 18.1. The molecule has 1 N–H and O–H groups in total. The number of benzene rings is 1. The third kappa shape index (κ3) is 3.89. The van der Waals surface area contributed by atoms with E-state index in [2.05, 4.69) is 14.9 Å². The van der Waals surface area contributed by atoms with E-state index in [9.17, 15) is 5.11 Å². The van der Waals surface area contributed by atoms with Crippen LogP contribution < -0.4 is 19.1 Å². The summed E-state index contributed by atoms with van der Waals surface area (Å²) in [5.74, 6) is 3.42. The first-order valence-corrected chi connectivity index (χ1v) is 9.47. The van der Waals surface area contributed by atoms with E-state index in [1.54, 1.807) is 0 Å². The molecule has 3 heterocycles. The zero-order valence-electron chi connectivity index (χ0n) is 15.2. The Balaban J connectivity index is 1.40. The van der Waals surface area contributed by atoms with E-state index >= 15 is 0 Å². The molecule has 27 heavy (non-hydrogen) atoms. The Morgan fingerprint density at radius 2 is 1.93 bits per heavy atom. The molecule has 0 radical (unpaired) electrons. The van der Waals surface area contributed by atoms with Crippen LogP contribution in [0.15, 0.2) is 18.2 Å². The number of hydrogen-bond acceptors (Lipinski definition) is 7. The Hall–Kier alpha value is -2.25. The van der Waals surface area contributed by atoms with Gasteiger partial charge in [0.25, 0.3) is 0 Å². The second-order valence-electron chi connectivity index (χ2n) is 6.65. The minimum absolute atomic E-state index is 0.124. The summed E-state index contributed by atoms with van der Waals surface area (Å²) in [5, 5.41) is 9.71. The van der Waals surface area contributed by atoms with Crippen molar-refractivity contribution >= 4 is 17.4 Å². The maximum atomic E-state index is 9.32. The Labute approximate surface area is 162 Å². The first-order chi connectivity index (χ1) is 13.1. The van der Waals surface area contributed by atoms with E-state index in [0.29, 0.717) is 24.2 Å². The summed E-state index contributed by atoms with van der Waals surface area (Å²) in [6.07, 6.45) is 1.85. The molecule has 2 aliphatic heterocycles. The highest BCUT2D eigenvalue weighted by molar-refractivity contribution is 6.30. The van der Waals surface area contributed by atoms with Crippen molar-refractivity contribution in [1.82, 2.24) is 9.97 Å². The van der Waals surface area contributed by atoms with Crippen LogP contribution in [0.25, 0.3) is 0 Å². The summed E-state index contributed by atoms with van der Waals surface area (Å²) in [7, 11) is 0. The number of ether oxygens (including phenoxy) is 3. The smallest absolute Gasteiger partial charge is 0.165 e. The van der Waals surface area contributed by atoms with Gasteiger partial charge in [-0.1, -0.05) is 11.6 Å². The second-order valence-corrected chi connectivity index (χ2v) is 7.01. The summed E-state index contributed by atoms with van der Waals surface area (Å²) in [5.41, 5.74) is 0.833. The molecule has 0 atom stereocenters. The average Bonchev–Trinajstić information content (AvgIpc) is 2.70. The van der Waals surface area contributed by atoms with Crippen LogP contribution in [0.3, 0.4) is 0 Å². The fraction of sp³-hybridized carbons (Fsp3) is 0.474. The Bertz CT molecular complexity index is 825. The predicted octanol–water partition coefficient (Wildman–Crippen LogP) is 2.75. The van der Waals surface area contributed by atoms with Crippen molar-refractivity contribution in [3.05, 3.63) is 34.7 Å². The second kappa shape index (κ2) is 7.78. The summed E-state index contributed by atoms with van der Waals surface area (Å²) in [6, 6.07) is 5.70. The molecule has 2 aliphatic rings. The third-order valence-electron chi connectivity index (χ3n) is 4.81. The SMILES string of the molecule is Cc1c(Cl)nc(CO)nc1N1CCC(Oc2ccc3c(c2)OCCO3)CC1. The molecule has 0 aliphatic carbocycles. The number of aliphatic hydroxyl groups excluding tert-OH is 1. The molecule has 1 aromatic heterocycles. The minimum atomic E-state index is -0.226. The van der Waals surface area contributed by atoms with Gasteiger partial charge in [-0.25, -0.2) is 9.97 Å². The van der Waals surface area contributed by atoms with E-state index in [0.717, 1.165) is 54.6 Å². The van der Waals surface area contributed by atoms with Gasteiger partial charge >= 0.3 is 0 Å². The number of aromatic nitrogens is 2. The Morgan fingerprint density at radius 1 is 1.19 bits per heavy atom. The average molecular weight is 392 g/mol. The van der Waals surface area contributed by atoms with E-state index in [4.69, 9.17) is 25.8 Å². The molecule has 0 saturated carbocycles. The van der Waals surface area contributed by atoms with Gasteiger partial charge in [-0.05, 0) is 19.1 Å². The summed E-state index contributed by atoms with van der Waals surface area (Å²) in [6.45, 7) is 4.41. The molecule has 2 aromatic rings. The first-order valence-electron chi connectivity index (χ1n) is 9.09. The highest BCUT2D eigenvalue weighted by atomic mass is 35.5. The molecule has 0 bridgehead atoms. The van der Waals surface area contributed by atoms with E-state index < -0.39 is 0 Å². The molecule has 0 spiro atoms. The van der Waals surface area contributed by atoms with E-state index in [1.807, 2.05) is 25.1 Å². The fourth-order valence-electron chi connectivity index (χ4n) is 3.37. The third-order valence-corrected chi connectivity index (χ3v) is 5.17. The fourth-order valence-corrected chi connectivity index (χ4v) is 3.56. The lowest BCUT2D eigenvalue weighted by molar-refractivity contribution is 0.159. The zero-order chi connectivity index (χ0) is 18.8. The molecule has 8 heteroatoms. The zero-order valence-corrected chi connectivity index (χ0v) is 15.9. The topological polar surface area (TPSA) is 76.9 Å². The molecular formula is C19H22ClN3O4. The van der Waals surface area contributed by atoms with Crippen molar-refractivity contribution in [1.29, 1.82) is 0 Å². The lowest BCUT2D eigenvalue weighted by Gasteiger charge is -2.34. The summed E-state index contributed by atoms with van der Waals surface area (Å²) in [4.78, 5) is 10.7. The molecule has 0 amide bonds. The van der Waals surface area contributed by atoms with Gasteiger partial charge in [0, 0.05) is 37.6 Å². The van der Waals surface area contributed by atoms with Gasteiger partial charge in [-0.2, -0.15) is 0 Å². The van der Waals surface area contributed by atoms with Gasteiger partial charge in [0.15, 0.2) is 17.3 Å². The molecular weight excluding hydrogens is 370 g/mol. The molecule has 1 saturated heterocycles. The van der Waals surface area contributed by atoms with Crippen molar-refractivity contribution in [3.63, 3.8) is 0 Å². The number of nitrogens with zero attached hydrogens (tertiary/aromatic N) is 3. The van der Waals surface area contributed by atoms with Crippen LogP contribution in [0.2, 0.25) is 5.15 Å². The van der Waals surface area contributed by atoms with E-state index in [-0.39, 0.29) is 12.7 Å². The minimum Gasteiger partial charge on any atom is -0.490 e. The number of halogens is 1. The number of piperidine rings is 1. The van der Waals surface area contributed by atoms with Crippen molar-refractivity contribution in [3.8, 4) is 17.2 Å². The van der Waals surface area contributed by atoms with Gasteiger partial charge in [0.2, 0.25) is 0 Å². The van der Waals surface area contributed by atoms with Gasteiger partial charge in [0.1, 0.15) is 42.6 Å². The van der Waals surface area contributed by atoms with Gasteiger partial charge in [-0.15, -0.1) is 0 Å². The van der Waals surface area contributed by atoms with Crippen molar-refractivity contribution < 1.29 is 19.3 Å². The molecule has 1 fully saturated rings. The number of fused-ring (bicyclic) bond motifs is 1. The summed E-state index contributed by atoms with van der Waals surface area (Å²) >= 11 is 6.18. The largest absolute Gasteiger partial charge is 0.490 e. The lowest BCUT2D eigenvalue weighted by Crippen LogP contribution is -2.39. The molecule has 0 unspecified atom stereocenters. The lowest BCUT2D eigenvalue weighted by atomic mass is 10.1. The Morgan fingerprint density at radius 3 is 2.67 bits per heavy atom. The molecule has 144 valence electrons. The van der Waals surface area contributed by atoms with Crippen LogP contribution in [-0.4, -0.2) is 47.5 Å². The van der Waals surface area contributed by atoms with Crippen LogP contribution in [-0.2, 0) is 6.61 Å². The number of anilines is 1. The molecule has 1 aromatic carbocycles. The molecule has 4 rings (SSSR count). The van der Waals surface area contributed by atoms with Crippen LogP contribution in [0.5, 0.6) is 17.2 Å². The van der Waals surface area contributed by atoms with E-state index in [1.165, 1.54) is 0 Å². The van der Waals surface area contributed by atoms with Crippen molar-refractivity contribution in [2.24, 2.45) is 0 Å². The van der Waals surface area contributed by atoms with Gasteiger partial charge in [0.05, 0.1) is 0 Å². The van der Waals surface area contributed by atoms with Crippen LogP contribution in [0, 0.1) is 6.92 Å². The van der Waals surface area contributed by atoms with Crippen LogP contribution in [0.1, 0.15) is 24.2 Å². The normalized spacial score (nSPS) is 17.1. The highest BCUT2D eigenvalue weighted by Gasteiger charge is 2.24. The number of aliphatic hydroxyl groups is 1. The van der Waals surface area contributed by atoms with Crippen LogP contribution in [0.4, 0.5) is 5.82 Å². The van der Waals surface area contributed by atoms with Crippen molar-refractivity contribution in [2.75, 3.05) is 31.2 Å². The monoisotopic (exact) mass is 391 g/mol. The number of hydrogen-bond donors (Lipinski definition) is 1. The maximum absolute atomic E-state index is 9.32. The number of rotatable bonds is 4. The van der Waals surface area contributed by atoms with Gasteiger partial charge in [-0.3, -0.25) is 0 Å². The Kier molecular flexibility index (Phi) is 5.22. The van der Waals surface area contributed by atoms with Gasteiger partial charge < -0.3 is 24.2 Å².